The van der Waals surface area contributed by atoms with Crippen LogP contribution in [0.25, 0.3) is 0 Å². The highest BCUT2D eigenvalue weighted by atomic mass is 32.2. The van der Waals surface area contributed by atoms with Crippen LogP contribution in [0.1, 0.15) is 12.8 Å². The van der Waals surface area contributed by atoms with Gasteiger partial charge >= 0.3 is 6.01 Å². The minimum Gasteiger partial charge on any atom is -0.408 e. The van der Waals surface area contributed by atoms with E-state index in [1.807, 2.05) is 11.8 Å². The molecule has 0 N–H and O–H groups in total. The third-order valence-corrected chi connectivity index (χ3v) is 5.63. The van der Waals surface area contributed by atoms with Crippen LogP contribution in [0.4, 0.5) is 10.4 Å². The molecule has 1 aromatic carbocycles. The molecule has 1 saturated heterocycles. The van der Waals surface area contributed by atoms with E-state index in [0.717, 1.165) is 12.1 Å². The zero-order valence-electron chi connectivity index (χ0n) is 12.6. The number of hydrogen-bond acceptors (Lipinski definition) is 6. The Kier molecular flexibility index (Phi) is 4.31. The molecule has 2 heterocycles. The summed E-state index contributed by atoms with van der Waals surface area (Å²) in [6, 6.07) is 5.27. The summed E-state index contributed by atoms with van der Waals surface area (Å²) in [6.07, 6.45) is 0.659. The van der Waals surface area contributed by atoms with Crippen LogP contribution in [0.5, 0.6) is 0 Å². The van der Waals surface area contributed by atoms with Crippen LogP contribution in [0.3, 0.4) is 0 Å². The zero-order valence-corrected chi connectivity index (χ0v) is 13.5. The van der Waals surface area contributed by atoms with Crippen molar-refractivity contribution in [2.24, 2.45) is 0 Å². The van der Waals surface area contributed by atoms with Gasteiger partial charge in [0.25, 0.3) is 0 Å². The van der Waals surface area contributed by atoms with Crippen LogP contribution in [-0.2, 0) is 16.4 Å². The molecule has 0 spiro atoms. The molecule has 1 fully saturated rings. The number of benzene rings is 1. The van der Waals surface area contributed by atoms with Crippen molar-refractivity contribution in [3.05, 3.63) is 36.0 Å². The van der Waals surface area contributed by atoms with Crippen LogP contribution in [0, 0.1) is 5.82 Å². The number of anilines is 1. The van der Waals surface area contributed by atoms with Crippen molar-refractivity contribution in [2.45, 2.75) is 18.2 Å². The van der Waals surface area contributed by atoms with Gasteiger partial charge in [0, 0.05) is 32.6 Å². The third kappa shape index (κ3) is 3.20. The van der Waals surface area contributed by atoms with Gasteiger partial charge in [-0.05, 0) is 24.3 Å². The summed E-state index contributed by atoms with van der Waals surface area (Å²) in [7, 11) is -3.61. The van der Waals surface area contributed by atoms with Crippen molar-refractivity contribution in [2.75, 3.05) is 31.1 Å². The Hall–Kier alpha value is -2.00. The fourth-order valence-electron chi connectivity index (χ4n) is 2.39. The molecular weight excluding hydrogens is 323 g/mol. The summed E-state index contributed by atoms with van der Waals surface area (Å²) in [4.78, 5) is 1.96. The number of hydrogen-bond donors (Lipinski definition) is 0. The maximum atomic E-state index is 12.9. The Labute approximate surface area is 133 Å². The first kappa shape index (κ1) is 15.9. The summed E-state index contributed by atoms with van der Waals surface area (Å²) >= 11 is 0. The molecule has 0 unspecified atom stereocenters. The van der Waals surface area contributed by atoms with E-state index in [1.54, 1.807) is 0 Å². The number of aromatic nitrogens is 2. The first-order chi connectivity index (χ1) is 11.0. The normalized spacial score (nSPS) is 16.7. The van der Waals surface area contributed by atoms with Gasteiger partial charge in [-0.2, -0.15) is 4.31 Å². The van der Waals surface area contributed by atoms with Crippen molar-refractivity contribution >= 4 is 16.0 Å². The summed E-state index contributed by atoms with van der Waals surface area (Å²) < 4.78 is 44.9. The predicted molar refractivity (Wildman–Crippen MR) is 81.0 cm³/mol. The molecule has 0 saturated carbocycles. The second-order valence-corrected chi connectivity index (χ2v) is 7.11. The summed E-state index contributed by atoms with van der Waals surface area (Å²) in [5.74, 6) is 0.0956. The van der Waals surface area contributed by atoms with E-state index < -0.39 is 15.8 Å². The monoisotopic (exact) mass is 340 g/mol. The highest BCUT2D eigenvalue weighted by molar-refractivity contribution is 7.89. The smallest absolute Gasteiger partial charge is 0.318 e. The van der Waals surface area contributed by atoms with Crippen LogP contribution in [-0.4, -0.2) is 49.1 Å². The van der Waals surface area contributed by atoms with E-state index in [2.05, 4.69) is 10.2 Å². The molecule has 1 aliphatic rings. The van der Waals surface area contributed by atoms with Gasteiger partial charge in [-0.15, -0.1) is 5.10 Å². The molecular formula is C14H17FN4O3S. The summed E-state index contributed by atoms with van der Waals surface area (Å²) in [5.41, 5.74) is 0. The quantitative estimate of drug-likeness (QED) is 0.834. The zero-order chi connectivity index (χ0) is 16.4. The van der Waals surface area contributed by atoms with E-state index in [9.17, 15) is 12.8 Å². The molecule has 0 amide bonds. The second-order valence-electron chi connectivity index (χ2n) is 5.18. The fraction of sp³-hybridized carbons (Fsp3) is 0.429. The maximum absolute atomic E-state index is 12.9. The second kappa shape index (κ2) is 6.25. The Morgan fingerprint density at radius 3 is 2.35 bits per heavy atom. The van der Waals surface area contributed by atoms with Crippen molar-refractivity contribution in [1.29, 1.82) is 0 Å². The lowest BCUT2D eigenvalue weighted by Crippen LogP contribution is -2.48. The SMILES string of the molecule is CCc1nnc(N2CCN(S(=O)(=O)c3ccc(F)cc3)CC2)o1. The third-order valence-electron chi connectivity index (χ3n) is 3.72. The highest BCUT2D eigenvalue weighted by Gasteiger charge is 2.30. The van der Waals surface area contributed by atoms with Gasteiger partial charge in [0.2, 0.25) is 15.9 Å². The summed E-state index contributed by atoms with van der Waals surface area (Å²) in [5, 5.41) is 7.87. The first-order valence-electron chi connectivity index (χ1n) is 7.34. The van der Waals surface area contributed by atoms with E-state index in [1.165, 1.54) is 16.4 Å². The van der Waals surface area contributed by atoms with Crippen LogP contribution in [0.2, 0.25) is 0 Å². The van der Waals surface area contributed by atoms with Gasteiger partial charge in [0.15, 0.2) is 0 Å². The van der Waals surface area contributed by atoms with Gasteiger partial charge < -0.3 is 9.32 Å². The standard InChI is InChI=1S/C14H17FN4O3S/c1-2-13-16-17-14(22-13)18-7-9-19(10-8-18)23(20,21)12-5-3-11(15)4-6-12/h3-6H,2,7-10H2,1H3. The Balaban J connectivity index is 1.69. The van der Waals surface area contributed by atoms with Crippen LogP contribution in [0.15, 0.2) is 33.6 Å². The molecule has 124 valence electrons. The molecule has 1 aromatic heterocycles. The molecule has 0 atom stereocenters. The molecule has 2 aromatic rings. The Morgan fingerprint density at radius 2 is 1.78 bits per heavy atom. The number of rotatable bonds is 4. The molecule has 3 rings (SSSR count). The molecule has 0 bridgehead atoms. The number of piperazine rings is 1. The van der Waals surface area contributed by atoms with Gasteiger partial charge in [0.1, 0.15) is 5.82 Å². The maximum Gasteiger partial charge on any atom is 0.318 e. The molecule has 0 aliphatic carbocycles. The van der Waals surface area contributed by atoms with Crippen molar-refractivity contribution < 1.29 is 17.2 Å². The highest BCUT2D eigenvalue weighted by Crippen LogP contribution is 2.20. The van der Waals surface area contributed by atoms with Gasteiger partial charge in [-0.3, -0.25) is 0 Å². The number of nitrogens with zero attached hydrogens (tertiary/aromatic N) is 4. The topological polar surface area (TPSA) is 79.5 Å². The van der Waals surface area contributed by atoms with E-state index in [-0.39, 0.29) is 4.90 Å². The molecule has 0 radical (unpaired) electrons. The molecule has 23 heavy (non-hydrogen) atoms. The van der Waals surface area contributed by atoms with E-state index in [0.29, 0.717) is 44.5 Å². The van der Waals surface area contributed by atoms with Gasteiger partial charge in [-0.1, -0.05) is 12.0 Å². The largest absolute Gasteiger partial charge is 0.408 e. The average molecular weight is 340 g/mol. The van der Waals surface area contributed by atoms with Gasteiger partial charge in [0.05, 0.1) is 4.90 Å². The fourth-order valence-corrected chi connectivity index (χ4v) is 3.81. The van der Waals surface area contributed by atoms with E-state index in [4.69, 9.17) is 4.42 Å². The Morgan fingerprint density at radius 1 is 1.13 bits per heavy atom. The lowest BCUT2D eigenvalue weighted by atomic mass is 10.4. The van der Waals surface area contributed by atoms with Crippen molar-refractivity contribution in [1.82, 2.24) is 14.5 Å². The molecule has 1 aliphatic heterocycles. The number of halogens is 1. The first-order valence-corrected chi connectivity index (χ1v) is 8.78. The molecule has 7 nitrogen and oxygen atoms in total. The average Bonchev–Trinajstić information content (AvgIpc) is 3.04. The lowest BCUT2D eigenvalue weighted by Gasteiger charge is -2.32. The van der Waals surface area contributed by atoms with Crippen molar-refractivity contribution in [3.8, 4) is 0 Å². The lowest BCUT2D eigenvalue weighted by molar-refractivity contribution is 0.369. The predicted octanol–water partition coefficient (Wildman–Crippen LogP) is 1.28. The van der Waals surface area contributed by atoms with Crippen molar-refractivity contribution in [3.63, 3.8) is 0 Å². The Bertz CT molecular complexity index is 768. The summed E-state index contributed by atoms with van der Waals surface area (Å²) in [6.45, 7) is 3.47. The van der Waals surface area contributed by atoms with Gasteiger partial charge in [-0.25, -0.2) is 12.8 Å². The van der Waals surface area contributed by atoms with Crippen LogP contribution >= 0.6 is 0 Å². The van der Waals surface area contributed by atoms with E-state index >= 15 is 0 Å². The minimum absolute atomic E-state index is 0.0957. The van der Waals surface area contributed by atoms with Crippen LogP contribution < -0.4 is 4.90 Å². The number of aryl methyl sites for hydroxylation is 1. The molecule has 9 heteroatoms. The number of sulfonamides is 1. The minimum atomic E-state index is -3.61.